The van der Waals surface area contributed by atoms with Gasteiger partial charge in [-0.2, -0.15) is 5.26 Å². The van der Waals surface area contributed by atoms with Gasteiger partial charge in [-0.3, -0.25) is 14.9 Å². The predicted octanol–water partition coefficient (Wildman–Crippen LogP) is 2.43. The van der Waals surface area contributed by atoms with Crippen LogP contribution in [0.1, 0.15) is 25.3 Å². The molecule has 1 aromatic carbocycles. The summed E-state index contributed by atoms with van der Waals surface area (Å²) in [6.07, 6.45) is 3.06. The number of carbonyl (C=O) groups is 1. The number of carbonyl (C=O) groups excluding carboxylic acids is 1. The van der Waals surface area contributed by atoms with E-state index in [9.17, 15) is 14.9 Å². The predicted molar refractivity (Wildman–Crippen MR) is 81.2 cm³/mol. The van der Waals surface area contributed by atoms with E-state index < -0.39 is 10.8 Å². The number of methoxy groups -OCH3 is 1. The standard InChI is InChI=1S/C15H17N3O4/c1-3-4-7-17-15(19)12(10-16)8-11-5-6-14(22-2)13(9-11)18(20)21/h5-6,8-9H,3-4,7H2,1-2H3,(H,17,19)/b12-8-. The molecule has 116 valence electrons. The summed E-state index contributed by atoms with van der Waals surface area (Å²) in [5, 5.41) is 22.6. The summed E-state index contributed by atoms with van der Waals surface area (Å²) in [7, 11) is 1.33. The molecule has 22 heavy (non-hydrogen) atoms. The number of rotatable bonds is 7. The van der Waals surface area contributed by atoms with Gasteiger partial charge < -0.3 is 10.1 Å². The second-order valence-corrected chi connectivity index (χ2v) is 4.47. The van der Waals surface area contributed by atoms with E-state index >= 15 is 0 Å². The Morgan fingerprint density at radius 2 is 2.27 bits per heavy atom. The largest absolute Gasteiger partial charge is 0.490 e. The Balaban J connectivity index is 3.03. The summed E-state index contributed by atoms with van der Waals surface area (Å²) < 4.78 is 4.90. The zero-order valence-corrected chi connectivity index (χ0v) is 12.5. The van der Waals surface area contributed by atoms with Crippen LogP contribution >= 0.6 is 0 Å². The van der Waals surface area contributed by atoms with Gasteiger partial charge in [0, 0.05) is 12.6 Å². The molecule has 1 N–H and O–H groups in total. The molecule has 1 rings (SSSR count). The van der Waals surface area contributed by atoms with E-state index in [1.807, 2.05) is 6.92 Å². The molecule has 0 atom stereocenters. The maximum atomic E-state index is 11.8. The molecule has 0 radical (unpaired) electrons. The average Bonchev–Trinajstić information content (AvgIpc) is 2.52. The molecule has 7 heteroatoms. The van der Waals surface area contributed by atoms with Gasteiger partial charge in [0.1, 0.15) is 11.6 Å². The minimum absolute atomic E-state index is 0.101. The van der Waals surface area contributed by atoms with Crippen molar-refractivity contribution in [2.75, 3.05) is 13.7 Å². The van der Waals surface area contributed by atoms with Gasteiger partial charge in [-0.1, -0.05) is 19.4 Å². The van der Waals surface area contributed by atoms with Crippen molar-refractivity contribution in [3.05, 3.63) is 39.4 Å². The van der Waals surface area contributed by atoms with E-state index in [1.54, 1.807) is 12.1 Å². The second kappa shape index (κ2) is 8.42. The molecule has 1 aromatic rings. The maximum absolute atomic E-state index is 11.8. The number of benzene rings is 1. The molecule has 0 saturated carbocycles. The first-order chi connectivity index (χ1) is 10.5. The highest BCUT2D eigenvalue weighted by molar-refractivity contribution is 6.01. The number of hydrogen-bond donors (Lipinski definition) is 1. The van der Waals surface area contributed by atoms with Crippen LogP contribution in [-0.2, 0) is 4.79 Å². The summed E-state index contributed by atoms with van der Waals surface area (Å²) in [6.45, 7) is 2.47. The smallest absolute Gasteiger partial charge is 0.311 e. The fourth-order valence-electron chi connectivity index (χ4n) is 1.73. The Morgan fingerprint density at radius 3 is 2.82 bits per heavy atom. The van der Waals surface area contributed by atoms with Gasteiger partial charge in [0.15, 0.2) is 5.75 Å². The molecule has 0 aromatic heterocycles. The van der Waals surface area contributed by atoms with Gasteiger partial charge in [0.05, 0.1) is 12.0 Å². The lowest BCUT2D eigenvalue weighted by Crippen LogP contribution is -2.25. The molecule has 0 aliphatic rings. The van der Waals surface area contributed by atoms with Crippen molar-refractivity contribution >= 4 is 17.7 Å². The molecule has 0 aliphatic heterocycles. The van der Waals surface area contributed by atoms with E-state index in [4.69, 9.17) is 10.00 Å². The van der Waals surface area contributed by atoms with Crippen LogP contribution in [0.25, 0.3) is 6.08 Å². The number of nitrogens with zero attached hydrogens (tertiary/aromatic N) is 2. The molecular weight excluding hydrogens is 286 g/mol. The van der Waals surface area contributed by atoms with Crippen molar-refractivity contribution in [1.82, 2.24) is 5.32 Å². The topological polar surface area (TPSA) is 105 Å². The SMILES string of the molecule is CCCCNC(=O)/C(C#N)=C\c1ccc(OC)c([N+](=O)[O-])c1. The molecule has 0 unspecified atom stereocenters. The molecule has 1 amide bonds. The van der Waals surface area contributed by atoms with Crippen LogP contribution < -0.4 is 10.1 Å². The van der Waals surface area contributed by atoms with Crippen molar-refractivity contribution in [1.29, 1.82) is 5.26 Å². The van der Waals surface area contributed by atoms with Gasteiger partial charge in [-0.05, 0) is 24.1 Å². The monoisotopic (exact) mass is 303 g/mol. The molecule has 0 saturated heterocycles. The fraction of sp³-hybridized carbons (Fsp3) is 0.333. The quantitative estimate of drug-likeness (QED) is 0.274. The first-order valence-electron chi connectivity index (χ1n) is 6.75. The molecule has 0 heterocycles. The van der Waals surface area contributed by atoms with Crippen molar-refractivity contribution in [2.45, 2.75) is 19.8 Å². The van der Waals surface area contributed by atoms with Gasteiger partial charge in [-0.25, -0.2) is 0 Å². The van der Waals surface area contributed by atoms with Crippen molar-refractivity contribution in [2.24, 2.45) is 0 Å². The minimum atomic E-state index is -0.580. The molecule has 0 bridgehead atoms. The zero-order valence-electron chi connectivity index (χ0n) is 12.5. The zero-order chi connectivity index (χ0) is 16.5. The summed E-state index contributed by atoms with van der Waals surface area (Å²) in [5.41, 5.74) is 0.0604. The maximum Gasteiger partial charge on any atom is 0.311 e. The first kappa shape index (κ1) is 17.2. The third-order valence-corrected chi connectivity index (χ3v) is 2.89. The Morgan fingerprint density at radius 1 is 1.55 bits per heavy atom. The number of nitro groups is 1. The number of hydrogen-bond acceptors (Lipinski definition) is 5. The van der Waals surface area contributed by atoms with Gasteiger partial charge in [0.25, 0.3) is 5.91 Å². The molecule has 0 aliphatic carbocycles. The van der Waals surface area contributed by atoms with Crippen LogP contribution in [0.4, 0.5) is 5.69 Å². The lowest BCUT2D eigenvalue weighted by atomic mass is 10.1. The number of nitro benzene ring substituents is 1. The highest BCUT2D eigenvalue weighted by atomic mass is 16.6. The minimum Gasteiger partial charge on any atom is -0.490 e. The summed E-state index contributed by atoms with van der Waals surface area (Å²) in [4.78, 5) is 22.2. The van der Waals surface area contributed by atoms with E-state index in [1.165, 1.54) is 25.3 Å². The van der Waals surface area contributed by atoms with E-state index in [0.717, 1.165) is 12.8 Å². The average molecular weight is 303 g/mol. The summed E-state index contributed by atoms with van der Waals surface area (Å²) in [6, 6.07) is 6.03. The van der Waals surface area contributed by atoms with Crippen LogP contribution in [0.5, 0.6) is 5.75 Å². The van der Waals surface area contributed by atoms with Crippen LogP contribution in [0.2, 0.25) is 0 Å². The van der Waals surface area contributed by atoms with E-state index in [0.29, 0.717) is 12.1 Å². The number of ether oxygens (including phenoxy) is 1. The first-order valence-corrected chi connectivity index (χ1v) is 6.75. The van der Waals surface area contributed by atoms with Crippen molar-refractivity contribution in [3.63, 3.8) is 0 Å². The number of amides is 1. The van der Waals surface area contributed by atoms with Crippen LogP contribution in [0.15, 0.2) is 23.8 Å². The fourth-order valence-corrected chi connectivity index (χ4v) is 1.73. The normalized spacial score (nSPS) is 10.7. The molecule has 7 nitrogen and oxygen atoms in total. The third-order valence-electron chi connectivity index (χ3n) is 2.89. The van der Waals surface area contributed by atoms with Crippen LogP contribution in [0, 0.1) is 21.4 Å². The lowest BCUT2D eigenvalue weighted by Gasteiger charge is -2.04. The van der Waals surface area contributed by atoms with Gasteiger partial charge in [0.2, 0.25) is 0 Å². The number of nitriles is 1. The van der Waals surface area contributed by atoms with Crippen molar-refractivity contribution < 1.29 is 14.5 Å². The molecule has 0 fully saturated rings. The van der Waals surface area contributed by atoms with Crippen molar-refractivity contribution in [3.8, 4) is 11.8 Å². The number of unbranched alkanes of at least 4 members (excludes halogenated alkanes) is 1. The van der Waals surface area contributed by atoms with E-state index in [2.05, 4.69) is 5.32 Å². The van der Waals surface area contributed by atoms with Gasteiger partial charge in [-0.15, -0.1) is 0 Å². The number of nitrogens with one attached hydrogen (secondary N) is 1. The third kappa shape index (κ3) is 4.59. The highest BCUT2D eigenvalue weighted by Crippen LogP contribution is 2.28. The molecule has 0 spiro atoms. The summed E-state index contributed by atoms with van der Waals surface area (Å²) >= 11 is 0. The van der Waals surface area contributed by atoms with Crippen LogP contribution in [-0.4, -0.2) is 24.5 Å². The summed E-state index contributed by atoms with van der Waals surface area (Å²) in [5.74, 6) is -0.373. The van der Waals surface area contributed by atoms with Crippen LogP contribution in [0.3, 0.4) is 0 Å². The highest BCUT2D eigenvalue weighted by Gasteiger charge is 2.15. The lowest BCUT2D eigenvalue weighted by molar-refractivity contribution is -0.385. The Bertz CT molecular complexity index is 632. The Labute approximate surface area is 128 Å². The molecular formula is C15H17N3O4. The Kier molecular flexibility index (Phi) is 6.57. The Hall–Kier alpha value is -2.88. The van der Waals surface area contributed by atoms with E-state index in [-0.39, 0.29) is 17.0 Å². The second-order valence-electron chi connectivity index (χ2n) is 4.47. The van der Waals surface area contributed by atoms with Gasteiger partial charge >= 0.3 is 5.69 Å².